The first-order valence-corrected chi connectivity index (χ1v) is 10.9. The molecule has 1 aliphatic carbocycles. The predicted octanol–water partition coefficient (Wildman–Crippen LogP) is 6.13. The second kappa shape index (κ2) is 8.56. The van der Waals surface area contributed by atoms with Gasteiger partial charge in [0.1, 0.15) is 16.9 Å². The van der Waals surface area contributed by atoms with E-state index >= 15 is 0 Å². The van der Waals surface area contributed by atoms with Crippen molar-refractivity contribution in [3.05, 3.63) is 62.8 Å². The average molecular weight is 478 g/mol. The van der Waals surface area contributed by atoms with Gasteiger partial charge in [0.25, 0.3) is 0 Å². The normalized spacial score (nSPS) is 17.4. The van der Waals surface area contributed by atoms with Crippen molar-refractivity contribution < 1.29 is 22.0 Å². The molecule has 0 amide bonds. The summed E-state index contributed by atoms with van der Waals surface area (Å²) in [5, 5.41) is 4.52. The first-order valence-electron chi connectivity index (χ1n) is 10.9. The lowest BCUT2D eigenvalue weighted by atomic mass is 9.92. The first-order chi connectivity index (χ1) is 15.9. The Labute approximate surface area is 192 Å². The van der Waals surface area contributed by atoms with Crippen LogP contribution in [0.3, 0.4) is 0 Å². The SMILES string of the molecule is C/C(=C\c1ccnc(C(F)(F)F)c1)c1nn(C2CCC(F)(F)CC2)c2cc(C)c(C)nc2c1=O. The van der Waals surface area contributed by atoms with Gasteiger partial charge in [-0.2, -0.15) is 18.3 Å². The van der Waals surface area contributed by atoms with Gasteiger partial charge < -0.3 is 0 Å². The minimum absolute atomic E-state index is 0.0194. The third kappa shape index (κ3) is 4.71. The lowest BCUT2D eigenvalue weighted by molar-refractivity contribution is -0.141. The summed E-state index contributed by atoms with van der Waals surface area (Å²) in [5.41, 5.74) is 1.15. The molecule has 0 aliphatic heterocycles. The van der Waals surface area contributed by atoms with Gasteiger partial charge in [-0.05, 0) is 74.6 Å². The molecule has 1 fully saturated rings. The maximum absolute atomic E-state index is 13.8. The molecular formula is C24H23F5N4O. The molecule has 3 heterocycles. The zero-order chi connectivity index (χ0) is 24.8. The summed E-state index contributed by atoms with van der Waals surface area (Å²) in [4.78, 5) is 21.1. The highest BCUT2D eigenvalue weighted by Crippen LogP contribution is 2.39. The van der Waals surface area contributed by atoms with E-state index < -0.39 is 23.2 Å². The smallest absolute Gasteiger partial charge is 0.285 e. The van der Waals surface area contributed by atoms with Crippen molar-refractivity contribution in [2.45, 2.75) is 64.6 Å². The van der Waals surface area contributed by atoms with E-state index in [9.17, 15) is 26.7 Å². The third-order valence-corrected chi connectivity index (χ3v) is 6.19. The standard InChI is InChI=1S/C24H23F5N4O/c1-13-11-18-21(31-15(13)3)22(34)20(32-33(18)17-4-7-23(25,26)8-5-17)14(2)10-16-6-9-30-19(12-16)24(27,28)29/h6,9-12,17H,4-5,7-8H2,1-3H3/b14-10+. The van der Waals surface area contributed by atoms with Gasteiger partial charge in [-0.15, -0.1) is 0 Å². The van der Waals surface area contributed by atoms with Crippen LogP contribution in [0.4, 0.5) is 22.0 Å². The minimum Gasteiger partial charge on any atom is -0.285 e. The molecule has 3 aromatic heterocycles. The number of fused-ring (bicyclic) bond motifs is 1. The molecule has 3 aromatic rings. The lowest BCUT2D eigenvalue weighted by Crippen LogP contribution is -2.29. The summed E-state index contributed by atoms with van der Waals surface area (Å²) in [6, 6.07) is 3.71. The largest absolute Gasteiger partial charge is 0.433 e. The number of allylic oxidation sites excluding steroid dienone is 1. The van der Waals surface area contributed by atoms with Gasteiger partial charge in [0, 0.05) is 24.7 Å². The molecule has 0 atom stereocenters. The molecule has 5 nitrogen and oxygen atoms in total. The van der Waals surface area contributed by atoms with Gasteiger partial charge >= 0.3 is 6.18 Å². The Morgan fingerprint density at radius 3 is 2.50 bits per heavy atom. The number of aryl methyl sites for hydroxylation is 2. The molecule has 0 unspecified atom stereocenters. The molecule has 180 valence electrons. The van der Waals surface area contributed by atoms with Gasteiger partial charge in [-0.25, -0.2) is 13.8 Å². The second-order valence-corrected chi connectivity index (χ2v) is 8.77. The van der Waals surface area contributed by atoms with Crippen LogP contribution in [-0.2, 0) is 6.18 Å². The molecule has 1 aliphatic rings. The zero-order valence-electron chi connectivity index (χ0n) is 18.9. The maximum Gasteiger partial charge on any atom is 0.433 e. The number of rotatable bonds is 3. The molecule has 0 aromatic carbocycles. The minimum atomic E-state index is -4.60. The summed E-state index contributed by atoms with van der Waals surface area (Å²) < 4.78 is 68.2. The molecule has 0 radical (unpaired) electrons. The van der Waals surface area contributed by atoms with E-state index in [0.717, 1.165) is 17.8 Å². The van der Waals surface area contributed by atoms with E-state index in [0.29, 0.717) is 16.8 Å². The van der Waals surface area contributed by atoms with E-state index in [1.807, 2.05) is 6.92 Å². The fraction of sp³-hybridized carbons (Fsp3) is 0.417. The maximum atomic E-state index is 13.8. The van der Waals surface area contributed by atoms with E-state index in [-0.39, 0.29) is 48.5 Å². The number of halogens is 5. The Kier molecular flexibility index (Phi) is 6.03. The highest BCUT2D eigenvalue weighted by atomic mass is 19.4. The molecule has 34 heavy (non-hydrogen) atoms. The Morgan fingerprint density at radius 2 is 1.85 bits per heavy atom. The van der Waals surface area contributed by atoms with Crippen molar-refractivity contribution in [3.63, 3.8) is 0 Å². The Hall–Kier alpha value is -3.17. The van der Waals surface area contributed by atoms with Gasteiger partial charge in [0.2, 0.25) is 11.4 Å². The van der Waals surface area contributed by atoms with Crippen molar-refractivity contribution in [1.29, 1.82) is 0 Å². The number of hydrogen-bond acceptors (Lipinski definition) is 4. The van der Waals surface area contributed by atoms with Crippen molar-refractivity contribution in [2.75, 3.05) is 0 Å². The summed E-state index contributed by atoms with van der Waals surface area (Å²) >= 11 is 0. The second-order valence-electron chi connectivity index (χ2n) is 8.77. The third-order valence-electron chi connectivity index (χ3n) is 6.19. The van der Waals surface area contributed by atoms with Crippen LogP contribution >= 0.6 is 0 Å². The van der Waals surface area contributed by atoms with Crippen LogP contribution in [-0.4, -0.2) is 25.7 Å². The predicted molar refractivity (Wildman–Crippen MR) is 119 cm³/mol. The van der Waals surface area contributed by atoms with Crippen molar-refractivity contribution >= 4 is 22.7 Å². The van der Waals surface area contributed by atoms with Crippen LogP contribution in [0, 0.1) is 13.8 Å². The molecule has 0 saturated heterocycles. The number of hydrogen-bond donors (Lipinski definition) is 0. The number of nitrogens with zero attached hydrogens (tertiary/aromatic N) is 4. The first kappa shape index (κ1) is 24.0. The Bertz CT molecular complexity index is 1330. The van der Waals surface area contributed by atoms with E-state index in [1.54, 1.807) is 24.6 Å². The Morgan fingerprint density at radius 1 is 1.18 bits per heavy atom. The molecule has 4 rings (SSSR count). The quantitative estimate of drug-likeness (QED) is 0.425. The van der Waals surface area contributed by atoms with Gasteiger partial charge in [-0.3, -0.25) is 14.5 Å². The van der Waals surface area contributed by atoms with Gasteiger partial charge in [-0.1, -0.05) is 0 Å². The fourth-order valence-electron chi connectivity index (χ4n) is 4.17. The molecule has 0 bridgehead atoms. The Balaban J connectivity index is 1.86. The molecule has 0 N–H and O–H groups in total. The lowest BCUT2D eigenvalue weighted by Gasteiger charge is -2.30. The van der Waals surface area contributed by atoms with Crippen LogP contribution in [0.25, 0.3) is 22.7 Å². The highest BCUT2D eigenvalue weighted by molar-refractivity contribution is 5.83. The summed E-state index contributed by atoms with van der Waals surface area (Å²) in [6.07, 6.45) is -2.33. The van der Waals surface area contributed by atoms with Crippen LogP contribution in [0.5, 0.6) is 0 Å². The fourth-order valence-corrected chi connectivity index (χ4v) is 4.17. The monoisotopic (exact) mass is 478 g/mol. The van der Waals surface area contributed by atoms with E-state index in [2.05, 4.69) is 15.1 Å². The zero-order valence-corrected chi connectivity index (χ0v) is 18.9. The number of pyridine rings is 2. The van der Waals surface area contributed by atoms with Gasteiger partial charge in [0.15, 0.2) is 0 Å². The van der Waals surface area contributed by atoms with E-state index in [4.69, 9.17) is 0 Å². The van der Waals surface area contributed by atoms with E-state index in [1.165, 1.54) is 12.1 Å². The summed E-state index contributed by atoms with van der Waals surface area (Å²) in [5.74, 6) is -2.73. The highest BCUT2D eigenvalue weighted by Gasteiger charge is 2.36. The van der Waals surface area contributed by atoms with Crippen LogP contribution in [0.15, 0.2) is 29.2 Å². The topological polar surface area (TPSA) is 60.7 Å². The van der Waals surface area contributed by atoms with Crippen molar-refractivity contribution in [1.82, 2.24) is 19.7 Å². The van der Waals surface area contributed by atoms with Crippen LogP contribution in [0.1, 0.15) is 66.9 Å². The van der Waals surface area contributed by atoms with Crippen molar-refractivity contribution in [2.24, 2.45) is 0 Å². The molecular weight excluding hydrogens is 455 g/mol. The molecule has 1 saturated carbocycles. The summed E-state index contributed by atoms with van der Waals surface area (Å²) in [6.45, 7) is 5.17. The number of alkyl halides is 5. The van der Waals surface area contributed by atoms with Crippen LogP contribution < -0.4 is 5.43 Å². The molecule has 10 heteroatoms. The average Bonchev–Trinajstić information content (AvgIpc) is 2.75. The summed E-state index contributed by atoms with van der Waals surface area (Å²) in [7, 11) is 0. The van der Waals surface area contributed by atoms with Crippen LogP contribution in [0.2, 0.25) is 0 Å². The van der Waals surface area contributed by atoms with Gasteiger partial charge in [0.05, 0.1) is 11.6 Å². The molecule has 0 spiro atoms. The number of aromatic nitrogens is 4. The van der Waals surface area contributed by atoms with Crippen molar-refractivity contribution in [3.8, 4) is 0 Å².